The van der Waals surface area contributed by atoms with Crippen molar-refractivity contribution in [1.82, 2.24) is 19.5 Å². The van der Waals surface area contributed by atoms with E-state index < -0.39 is 27.8 Å². The van der Waals surface area contributed by atoms with Gasteiger partial charge >= 0.3 is 0 Å². The van der Waals surface area contributed by atoms with Gasteiger partial charge in [0.05, 0.1) is 4.90 Å². The number of halogens is 1. The number of hydrogen-bond acceptors (Lipinski definition) is 5. The highest BCUT2D eigenvalue weighted by atomic mass is 32.2. The second-order valence-electron chi connectivity index (χ2n) is 5.05. The number of amides is 1. The lowest BCUT2D eigenvalue weighted by Crippen LogP contribution is -2.43. The molecule has 1 aromatic heterocycles. The van der Waals surface area contributed by atoms with Crippen LogP contribution in [0.25, 0.3) is 0 Å². The van der Waals surface area contributed by atoms with Crippen molar-refractivity contribution >= 4 is 21.9 Å². The largest absolute Gasteiger partial charge is 0.294 e. The summed E-state index contributed by atoms with van der Waals surface area (Å²) in [5.74, 6) is -0.851. The van der Waals surface area contributed by atoms with Crippen LogP contribution >= 0.6 is 0 Å². The summed E-state index contributed by atoms with van der Waals surface area (Å²) in [6.45, 7) is 0.230. The first-order valence-corrected chi connectivity index (χ1v) is 8.36. The van der Waals surface area contributed by atoms with E-state index in [-0.39, 0.29) is 17.4 Å². The van der Waals surface area contributed by atoms with Gasteiger partial charge in [-0.05, 0) is 37.1 Å². The van der Waals surface area contributed by atoms with Crippen molar-refractivity contribution in [3.05, 3.63) is 36.4 Å². The van der Waals surface area contributed by atoms with E-state index in [1.54, 1.807) is 0 Å². The van der Waals surface area contributed by atoms with Crippen LogP contribution in [0.15, 0.2) is 35.5 Å². The van der Waals surface area contributed by atoms with Gasteiger partial charge in [-0.3, -0.25) is 10.1 Å². The molecule has 2 aromatic rings. The predicted octanol–water partition coefficient (Wildman–Crippen LogP) is 0.736. The van der Waals surface area contributed by atoms with Gasteiger partial charge in [0.2, 0.25) is 21.9 Å². The fourth-order valence-electron chi connectivity index (χ4n) is 2.50. The molecule has 1 amide bonds. The van der Waals surface area contributed by atoms with Gasteiger partial charge in [-0.25, -0.2) is 17.9 Å². The van der Waals surface area contributed by atoms with Crippen LogP contribution in [0.3, 0.4) is 0 Å². The molecule has 10 heteroatoms. The van der Waals surface area contributed by atoms with Gasteiger partial charge in [0.1, 0.15) is 18.2 Å². The SMILES string of the molecule is O=C(Nc1ncn[nH]1)[C@@H]1CCCN1S(=O)(=O)c1ccc(F)cc1. The summed E-state index contributed by atoms with van der Waals surface area (Å²) >= 11 is 0. The topological polar surface area (TPSA) is 108 Å². The zero-order valence-corrected chi connectivity index (χ0v) is 12.8. The monoisotopic (exact) mass is 339 g/mol. The van der Waals surface area contributed by atoms with E-state index in [1.807, 2.05) is 0 Å². The Kier molecular flexibility index (Phi) is 4.09. The molecule has 0 radical (unpaired) electrons. The third-order valence-electron chi connectivity index (χ3n) is 3.58. The van der Waals surface area contributed by atoms with Gasteiger partial charge in [-0.2, -0.15) is 14.4 Å². The third kappa shape index (κ3) is 3.08. The molecular formula is C13H14FN5O3S. The highest BCUT2D eigenvalue weighted by Gasteiger charge is 2.39. The fourth-order valence-corrected chi connectivity index (χ4v) is 4.15. The maximum absolute atomic E-state index is 13.0. The number of carbonyl (C=O) groups excluding carboxylic acids is 1. The van der Waals surface area contributed by atoms with Gasteiger partial charge in [0.15, 0.2) is 0 Å². The summed E-state index contributed by atoms with van der Waals surface area (Å²) in [4.78, 5) is 16.0. The van der Waals surface area contributed by atoms with E-state index in [9.17, 15) is 17.6 Å². The van der Waals surface area contributed by atoms with Gasteiger partial charge in [-0.1, -0.05) is 0 Å². The van der Waals surface area contributed by atoms with Crippen molar-refractivity contribution < 1.29 is 17.6 Å². The minimum atomic E-state index is -3.87. The molecule has 0 saturated carbocycles. The number of aromatic nitrogens is 3. The number of hydrogen-bond donors (Lipinski definition) is 2. The Bertz CT molecular complexity index is 792. The Hall–Kier alpha value is -2.33. The number of anilines is 1. The minimum absolute atomic E-state index is 0.0433. The molecule has 23 heavy (non-hydrogen) atoms. The first kappa shape index (κ1) is 15.6. The number of aromatic amines is 1. The van der Waals surface area contributed by atoms with Crippen LogP contribution in [0.1, 0.15) is 12.8 Å². The summed E-state index contributed by atoms with van der Waals surface area (Å²) in [6.07, 6.45) is 2.20. The molecule has 122 valence electrons. The number of sulfonamides is 1. The molecule has 0 aliphatic carbocycles. The molecule has 1 aromatic carbocycles. The van der Waals surface area contributed by atoms with E-state index in [4.69, 9.17) is 0 Å². The Morgan fingerprint density at radius 2 is 2.09 bits per heavy atom. The molecule has 1 saturated heterocycles. The quantitative estimate of drug-likeness (QED) is 0.854. The highest BCUT2D eigenvalue weighted by Crippen LogP contribution is 2.26. The van der Waals surface area contributed by atoms with Crippen LogP contribution in [0, 0.1) is 5.82 Å². The molecule has 0 unspecified atom stereocenters. The average Bonchev–Trinajstić information content (AvgIpc) is 3.19. The summed E-state index contributed by atoms with van der Waals surface area (Å²) < 4.78 is 39.4. The van der Waals surface area contributed by atoms with Crippen LogP contribution in [0.2, 0.25) is 0 Å². The normalized spacial score (nSPS) is 18.9. The van der Waals surface area contributed by atoms with Crippen molar-refractivity contribution in [2.75, 3.05) is 11.9 Å². The zero-order valence-electron chi connectivity index (χ0n) is 11.9. The number of rotatable bonds is 4. The average molecular weight is 339 g/mol. The van der Waals surface area contributed by atoms with Crippen LogP contribution < -0.4 is 5.32 Å². The Morgan fingerprint density at radius 1 is 1.35 bits per heavy atom. The molecule has 8 nitrogen and oxygen atoms in total. The molecule has 2 heterocycles. The number of benzene rings is 1. The van der Waals surface area contributed by atoms with Gasteiger partial charge in [0.25, 0.3) is 0 Å². The first-order chi connectivity index (χ1) is 11.0. The molecule has 3 rings (SSSR count). The van der Waals surface area contributed by atoms with Crippen molar-refractivity contribution in [2.24, 2.45) is 0 Å². The minimum Gasteiger partial charge on any atom is -0.294 e. The first-order valence-electron chi connectivity index (χ1n) is 6.92. The summed E-state index contributed by atoms with van der Waals surface area (Å²) in [5, 5.41) is 8.58. The van der Waals surface area contributed by atoms with E-state index in [1.165, 1.54) is 18.5 Å². The molecular weight excluding hydrogens is 325 g/mol. The Morgan fingerprint density at radius 3 is 2.74 bits per heavy atom. The number of H-pyrrole nitrogens is 1. The lowest BCUT2D eigenvalue weighted by atomic mass is 10.2. The predicted molar refractivity (Wildman–Crippen MR) is 78.3 cm³/mol. The molecule has 0 spiro atoms. The van der Waals surface area contributed by atoms with E-state index in [0.717, 1.165) is 16.4 Å². The maximum atomic E-state index is 13.0. The number of carbonyl (C=O) groups is 1. The van der Waals surface area contributed by atoms with Gasteiger partial charge in [0, 0.05) is 6.54 Å². The molecule has 2 N–H and O–H groups in total. The lowest BCUT2D eigenvalue weighted by Gasteiger charge is -2.22. The fraction of sp³-hybridized carbons (Fsp3) is 0.308. The van der Waals surface area contributed by atoms with Gasteiger partial charge in [-0.15, -0.1) is 0 Å². The Labute approximate surface area is 131 Å². The summed E-state index contributed by atoms with van der Waals surface area (Å²) in [5.41, 5.74) is 0. The number of nitrogens with one attached hydrogen (secondary N) is 2. The second kappa shape index (κ2) is 6.05. The molecule has 1 fully saturated rings. The molecule has 1 aliphatic heterocycles. The van der Waals surface area contributed by atoms with Crippen LogP contribution in [-0.4, -0.2) is 46.4 Å². The van der Waals surface area contributed by atoms with E-state index >= 15 is 0 Å². The molecule has 1 atom stereocenters. The van der Waals surface area contributed by atoms with E-state index in [0.29, 0.717) is 12.8 Å². The lowest BCUT2D eigenvalue weighted by molar-refractivity contribution is -0.119. The molecule has 0 bridgehead atoms. The molecule has 1 aliphatic rings. The van der Waals surface area contributed by atoms with Crippen molar-refractivity contribution in [2.45, 2.75) is 23.8 Å². The highest BCUT2D eigenvalue weighted by molar-refractivity contribution is 7.89. The van der Waals surface area contributed by atoms with Crippen molar-refractivity contribution in [1.29, 1.82) is 0 Å². The van der Waals surface area contributed by atoms with Crippen molar-refractivity contribution in [3.8, 4) is 0 Å². The van der Waals surface area contributed by atoms with Gasteiger partial charge < -0.3 is 0 Å². The van der Waals surface area contributed by atoms with E-state index in [2.05, 4.69) is 20.5 Å². The van der Waals surface area contributed by atoms with Crippen LogP contribution in [-0.2, 0) is 14.8 Å². The number of nitrogens with zero attached hydrogens (tertiary/aromatic N) is 3. The summed E-state index contributed by atoms with van der Waals surface area (Å²) in [6, 6.07) is 3.69. The zero-order chi connectivity index (χ0) is 16.4. The smallest absolute Gasteiger partial charge is 0.245 e. The van der Waals surface area contributed by atoms with Crippen molar-refractivity contribution in [3.63, 3.8) is 0 Å². The Balaban J connectivity index is 1.83. The maximum Gasteiger partial charge on any atom is 0.245 e. The van der Waals surface area contributed by atoms with Crippen LogP contribution in [0.5, 0.6) is 0 Å². The second-order valence-corrected chi connectivity index (χ2v) is 6.94. The standard InChI is InChI=1S/C13H14FN5O3S/c14-9-3-5-10(6-4-9)23(21,22)19-7-1-2-11(19)12(20)17-13-15-8-16-18-13/h3-6,8,11H,1-2,7H2,(H2,15,16,17,18,20)/t11-/m0/s1. The van der Waals surface area contributed by atoms with Crippen LogP contribution in [0.4, 0.5) is 10.3 Å². The summed E-state index contributed by atoms with van der Waals surface area (Å²) in [7, 11) is -3.87. The third-order valence-corrected chi connectivity index (χ3v) is 5.51.